The maximum Gasteiger partial charge on any atom is 0.237 e. The molecule has 0 bridgehead atoms. The van der Waals surface area contributed by atoms with Gasteiger partial charge in [0.25, 0.3) is 0 Å². The van der Waals surface area contributed by atoms with Crippen molar-refractivity contribution in [1.29, 1.82) is 0 Å². The van der Waals surface area contributed by atoms with Gasteiger partial charge in [0.2, 0.25) is 5.91 Å². The van der Waals surface area contributed by atoms with Crippen molar-refractivity contribution in [3.05, 3.63) is 29.3 Å². The first-order chi connectivity index (χ1) is 8.20. The molecule has 0 spiro atoms. The fraction of sp³-hybridized carbons (Fsp3) is 0.333. The number of benzene rings is 1. The van der Waals surface area contributed by atoms with E-state index in [9.17, 15) is 4.79 Å². The molecule has 3 N–H and O–H groups in total. The van der Waals surface area contributed by atoms with Crippen LogP contribution in [-0.4, -0.2) is 16.9 Å². The molecule has 1 amide bonds. The molecule has 0 aliphatic rings. The number of nitrogens with one attached hydrogen (secondary N) is 1. The number of nitrogens with two attached hydrogens (primary N) is 1. The lowest BCUT2D eigenvalue weighted by Crippen LogP contribution is -2.39. The summed E-state index contributed by atoms with van der Waals surface area (Å²) in [7, 11) is 0. The molecule has 0 radical (unpaired) electrons. The van der Waals surface area contributed by atoms with Gasteiger partial charge in [0.05, 0.1) is 22.8 Å². The van der Waals surface area contributed by atoms with Gasteiger partial charge in [0.15, 0.2) is 0 Å². The van der Waals surface area contributed by atoms with Crippen LogP contribution in [0.2, 0.25) is 0 Å². The summed E-state index contributed by atoms with van der Waals surface area (Å²) in [5, 5.41) is 3.70. The third kappa shape index (κ3) is 3.41. The maximum absolute atomic E-state index is 11.5. The molecule has 0 fully saturated rings. The van der Waals surface area contributed by atoms with Gasteiger partial charge in [-0.05, 0) is 18.6 Å². The number of carbonyl (C=O) groups excluding carboxylic acids is 1. The molecular formula is C12H16ClN3OS. The summed E-state index contributed by atoms with van der Waals surface area (Å²) >= 11 is 1.59. The zero-order valence-electron chi connectivity index (χ0n) is 10.1. The van der Waals surface area contributed by atoms with Crippen molar-refractivity contribution in [3.63, 3.8) is 0 Å². The number of hydrogen-bond donors (Lipinski definition) is 2. The highest BCUT2D eigenvalue weighted by atomic mass is 35.5. The van der Waals surface area contributed by atoms with Gasteiger partial charge in [-0.25, -0.2) is 4.98 Å². The van der Waals surface area contributed by atoms with Crippen LogP contribution in [0, 0.1) is 0 Å². The van der Waals surface area contributed by atoms with Gasteiger partial charge in [0, 0.05) is 0 Å². The van der Waals surface area contributed by atoms with Crippen molar-refractivity contribution in [1.82, 2.24) is 10.3 Å². The third-order valence-electron chi connectivity index (χ3n) is 2.53. The van der Waals surface area contributed by atoms with Crippen LogP contribution in [0.5, 0.6) is 0 Å². The van der Waals surface area contributed by atoms with Crippen molar-refractivity contribution in [3.8, 4) is 0 Å². The van der Waals surface area contributed by atoms with Gasteiger partial charge in [-0.1, -0.05) is 19.1 Å². The summed E-state index contributed by atoms with van der Waals surface area (Å²) in [6.07, 6.45) is 0.645. The number of amides is 1. The Balaban J connectivity index is 0.00000162. The summed E-state index contributed by atoms with van der Waals surface area (Å²) in [6.45, 7) is 2.34. The van der Waals surface area contributed by atoms with Crippen molar-refractivity contribution in [2.45, 2.75) is 25.9 Å². The molecule has 0 saturated carbocycles. The fourth-order valence-electron chi connectivity index (χ4n) is 1.47. The molecular weight excluding hydrogens is 270 g/mol. The van der Waals surface area contributed by atoms with E-state index in [-0.39, 0.29) is 18.3 Å². The van der Waals surface area contributed by atoms with Crippen molar-refractivity contribution >= 4 is 39.9 Å². The molecule has 2 rings (SSSR count). The zero-order chi connectivity index (χ0) is 12.3. The molecule has 1 heterocycles. The first-order valence-electron chi connectivity index (χ1n) is 5.58. The van der Waals surface area contributed by atoms with Crippen molar-refractivity contribution < 1.29 is 4.79 Å². The van der Waals surface area contributed by atoms with Gasteiger partial charge < -0.3 is 11.1 Å². The predicted octanol–water partition coefficient (Wildman–Crippen LogP) is 2.07. The van der Waals surface area contributed by atoms with E-state index in [4.69, 9.17) is 5.73 Å². The Kier molecular flexibility index (Phi) is 5.53. The molecule has 1 atom stereocenters. The summed E-state index contributed by atoms with van der Waals surface area (Å²) in [5.74, 6) is -0.119. The Labute approximate surface area is 116 Å². The highest BCUT2D eigenvalue weighted by Gasteiger charge is 2.11. The van der Waals surface area contributed by atoms with E-state index >= 15 is 0 Å². The largest absolute Gasteiger partial charge is 0.348 e. The number of carbonyl (C=O) groups is 1. The molecule has 4 nitrogen and oxygen atoms in total. The molecule has 6 heteroatoms. The Morgan fingerprint density at radius 3 is 2.89 bits per heavy atom. The Hall–Kier alpha value is -1.17. The number of thiazole rings is 1. The molecule has 18 heavy (non-hydrogen) atoms. The predicted molar refractivity (Wildman–Crippen MR) is 77.0 cm³/mol. The topological polar surface area (TPSA) is 68.0 Å². The smallest absolute Gasteiger partial charge is 0.237 e. The van der Waals surface area contributed by atoms with Crippen LogP contribution in [0.25, 0.3) is 10.2 Å². The van der Waals surface area contributed by atoms with E-state index in [1.807, 2.05) is 31.2 Å². The first kappa shape index (κ1) is 14.9. The molecule has 0 aliphatic carbocycles. The minimum absolute atomic E-state index is 0. The van der Waals surface area contributed by atoms with E-state index in [0.29, 0.717) is 13.0 Å². The summed E-state index contributed by atoms with van der Waals surface area (Å²) < 4.78 is 1.14. The quantitative estimate of drug-likeness (QED) is 0.904. The lowest BCUT2D eigenvalue weighted by Gasteiger charge is -2.08. The van der Waals surface area contributed by atoms with E-state index < -0.39 is 6.04 Å². The van der Waals surface area contributed by atoms with Crippen LogP contribution in [0.3, 0.4) is 0 Å². The van der Waals surface area contributed by atoms with Crippen LogP contribution in [0.1, 0.15) is 18.4 Å². The Morgan fingerprint density at radius 1 is 1.50 bits per heavy atom. The average Bonchev–Trinajstić information content (AvgIpc) is 2.77. The number of nitrogens with zero attached hydrogens (tertiary/aromatic N) is 1. The number of hydrogen-bond acceptors (Lipinski definition) is 4. The first-order valence-corrected chi connectivity index (χ1v) is 6.40. The molecule has 2 aromatic rings. The van der Waals surface area contributed by atoms with E-state index in [0.717, 1.165) is 15.2 Å². The SMILES string of the molecule is CC[C@H](N)C(=O)NCc1nc2ccccc2s1.Cl. The summed E-state index contributed by atoms with van der Waals surface area (Å²) in [6, 6.07) is 7.50. The van der Waals surface area contributed by atoms with Gasteiger partial charge in [-0.15, -0.1) is 23.7 Å². The maximum atomic E-state index is 11.5. The molecule has 1 aromatic heterocycles. The van der Waals surface area contributed by atoms with E-state index in [2.05, 4.69) is 10.3 Å². The van der Waals surface area contributed by atoms with Crippen LogP contribution < -0.4 is 11.1 Å². The van der Waals surface area contributed by atoms with Gasteiger partial charge in [-0.3, -0.25) is 4.79 Å². The van der Waals surface area contributed by atoms with Gasteiger partial charge in [-0.2, -0.15) is 0 Å². The van der Waals surface area contributed by atoms with Crippen LogP contribution >= 0.6 is 23.7 Å². The summed E-state index contributed by atoms with van der Waals surface area (Å²) in [4.78, 5) is 15.9. The number of fused-ring (bicyclic) bond motifs is 1. The lowest BCUT2D eigenvalue weighted by atomic mass is 10.2. The van der Waals surface area contributed by atoms with Crippen LogP contribution in [0.4, 0.5) is 0 Å². The minimum atomic E-state index is -0.427. The second-order valence-corrected chi connectivity index (χ2v) is 4.92. The Morgan fingerprint density at radius 2 is 2.22 bits per heavy atom. The minimum Gasteiger partial charge on any atom is -0.348 e. The normalized spacial score (nSPS) is 11.9. The highest BCUT2D eigenvalue weighted by Crippen LogP contribution is 2.21. The highest BCUT2D eigenvalue weighted by molar-refractivity contribution is 7.18. The average molecular weight is 286 g/mol. The zero-order valence-corrected chi connectivity index (χ0v) is 11.7. The second-order valence-electron chi connectivity index (χ2n) is 3.81. The van der Waals surface area contributed by atoms with Gasteiger partial charge in [0.1, 0.15) is 5.01 Å². The standard InChI is InChI=1S/C12H15N3OS.ClH/c1-2-8(13)12(16)14-7-11-15-9-5-3-4-6-10(9)17-11;/h3-6,8H,2,7,13H2,1H3,(H,14,16);1H/t8-;/m0./s1. The number of aromatic nitrogens is 1. The molecule has 98 valence electrons. The van der Waals surface area contributed by atoms with E-state index in [1.165, 1.54) is 0 Å². The monoisotopic (exact) mass is 285 g/mol. The van der Waals surface area contributed by atoms with Crippen molar-refractivity contribution in [2.24, 2.45) is 5.73 Å². The van der Waals surface area contributed by atoms with Crippen LogP contribution in [-0.2, 0) is 11.3 Å². The molecule has 0 unspecified atom stereocenters. The molecule has 1 aromatic carbocycles. The molecule has 0 aliphatic heterocycles. The third-order valence-corrected chi connectivity index (χ3v) is 3.57. The lowest BCUT2D eigenvalue weighted by molar-refractivity contribution is -0.122. The number of rotatable bonds is 4. The van der Waals surface area contributed by atoms with Crippen LogP contribution in [0.15, 0.2) is 24.3 Å². The van der Waals surface area contributed by atoms with Crippen molar-refractivity contribution in [2.75, 3.05) is 0 Å². The second kappa shape index (κ2) is 6.68. The van der Waals surface area contributed by atoms with E-state index in [1.54, 1.807) is 11.3 Å². The molecule has 0 saturated heterocycles. The van der Waals surface area contributed by atoms with Gasteiger partial charge >= 0.3 is 0 Å². The fourth-order valence-corrected chi connectivity index (χ4v) is 2.38. The Bertz CT molecular complexity index is 496. The summed E-state index contributed by atoms with van der Waals surface area (Å²) in [5.41, 5.74) is 6.60. The number of para-hydroxylation sites is 1. The number of halogens is 1.